The fraction of sp³-hybridized carbons (Fsp3) is 0.533. The molecular formula is C15H24NO. The summed E-state index contributed by atoms with van der Waals surface area (Å²) in [6, 6.07) is 11.3. The fourth-order valence-corrected chi connectivity index (χ4v) is 1.70. The Kier molecular flexibility index (Phi) is 6.23. The van der Waals surface area contributed by atoms with Crippen molar-refractivity contribution in [2.24, 2.45) is 5.92 Å². The van der Waals surface area contributed by atoms with Crippen LogP contribution >= 0.6 is 0 Å². The molecular weight excluding hydrogens is 210 g/mol. The number of aliphatic hydroxyl groups excluding tert-OH is 1. The van der Waals surface area contributed by atoms with E-state index in [-0.39, 0.29) is 0 Å². The zero-order valence-corrected chi connectivity index (χ0v) is 11.1. The average Bonchev–Trinajstić information content (AvgIpc) is 2.28. The summed E-state index contributed by atoms with van der Waals surface area (Å²) in [5.74, 6) is 0.689. The van der Waals surface area contributed by atoms with Crippen LogP contribution < -0.4 is 5.32 Å². The Labute approximate surface area is 105 Å². The van der Waals surface area contributed by atoms with Gasteiger partial charge in [-0.05, 0) is 37.8 Å². The van der Waals surface area contributed by atoms with Crippen LogP contribution in [-0.2, 0) is 6.42 Å². The normalized spacial score (nSPS) is 13.3. The van der Waals surface area contributed by atoms with E-state index in [0.717, 1.165) is 25.4 Å². The topological polar surface area (TPSA) is 32.3 Å². The number of aliphatic hydroxyl groups is 1. The van der Waals surface area contributed by atoms with E-state index in [1.807, 2.05) is 25.1 Å². The predicted octanol–water partition coefficient (Wildman–Crippen LogP) is 2.78. The lowest BCUT2D eigenvalue weighted by Gasteiger charge is -2.21. The van der Waals surface area contributed by atoms with Crippen LogP contribution in [0.1, 0.15) is 32.8 Å². The Hall–Kier alpha value is -0.860. The molecule has 1 radical (unpaired) electrons. The molecule has 17 heavy (non-hydrogen) atoms. The zero-order chi connectivity index (χ0) is 12.7. The van der Waals surface area contributed by atoms with Crippen molar-refractivity contribution in [2.75, 3.05) is 6.54 Å². The Morgan fingerprint density at radius 1 is 1.18 bits per heavy atom. The highest BCUT2D eigenvalue weighted by molar-refractivity contribution is 5.19. The Morgan fingerprint density at radius 3 is 2.35 bits per heavy atom. The summed E-state index contributed by atoms with van der Waals surface area (Å²) in [6.45, 7) is 7.17. The van der Waals surface area contributed by atoms with Gasteiger partial charge < -0.3 is 10.4 Å². The average molecular weight is 234 g/mol. The lowest BCUT2D eigenvalue weighted by atomic mass is 10.0. The van der Waals surface area contributed by atoms with Crippen LogP contribution in [0.25, 0.3) is 0 Å². The van der Waals surface area contributed by atoms with E-state index < -0.39 is 6.10 Å². The fourth-order valence-electron chi connectivity index (χ4n) is 1.70. The van der Waals surface area contributed by atoms with E-state index in [2.05, 4.69) is 31.3 Å². The second-order valence-electron chi connectivity index (χ2n) is 4.97. The Morgan fingerprint density at radius 2 is 1.82 bits per heavy atom. The van der Waals surface area contributed by atoms with Crippen LogP contribution in [0.15, 0.2) is 30.3 Å². The maximum atomic E-state index is 9.74. The van der Waals surface area contributed by atoms with Crippen molar-refractivity contribution in [1.29, 1.82) is 0 Å². The minimum absolute atomic E-state index is 0.401. The van der Waals surface area contributed by atoms with Gasteiger partial charge in [-0.1, -0.05) is 44.2 Å². The van der Waals surface area contributed by atoms with Crippen LogP contribution in [0.2, 0.25) is 0 Å². The van der Waals surface area contributed by atoms with Gasteiger partial charge in [0.2, 0.25) is 0 Å². The van der Waals surface area contributed by atoms with E-state index in [9.17, 15) is 5.11 Å². The van der Waals surface area contributed by atoms with Gasteiger partial charge >= 0.3 is 0 Å². The number of nitrogens with one attached hydrogen (secondary N) is 1. The first-order valence-corrected chi connectivity index (χ1v) is 6.41. The minimum atomic E-state index is -0.401. The summed E-state index contributed by atoms with van der Waals surface area (Å²) in [4.78, 5) is 0. The van der Waals surface area contributed by atoms with Gasteiger partial charge in [0.05, 0.1) is 12.1 Å². The third-order valence-electron chi connectivity index (χ3n) is 2.82. The zero-order valence-electron chi connectivity index (χ0n) is 11.1. The number of benzene rings is 1. The molecule has 0 aromatic heterocycles. The van der Waals surface area contributed by atoms with E-state index in [4.69, 9.17) is 0 Å². The van der Waals surface area contributed by atoms with E-state index in [1.165, 1.54) is 5.56 Å². The summed E-state index contributed by atoms with van der Waals surface area (Å²) in [7, 11) is 0. The molecule has 0 saturated carbocycles. The number of hydrogen-bond donors (Lipinski definition) is 2. The van der Waals surface area contributed by atoms with Crippen molar-refractivity contribution < 1.29 is 5.11 Å². The quantitative estimate of drug-likeness (QED) is 0.760. The maximum absolute atomic E-state index is 9.74. The van der Waals surface area contributed by atoms with Crippen LogP contribution in [0.5, 0.6) is 0 Å². The van der Waals surface area contributed by atoms with Crippen LogP contribution in [0, 0.1) is 12.0 Å². The molecule has 1 atom stereocenters. The van der Waals surface area contributed by atoms with Crippen molar-refractivity contribution in [1.82, 2.24) is 5.32 Å². The van der Waals surface area contributed by atoms with E-state index in [1.54, 1.807) is 0 Å². The Bertz CT molecular complexity index is 295. The second-order valence-corrected chi connectivity index (χ2v) is 4.97. The van der Waals surface area contributed by atoms with Crippen molar-refractivity contribution >= 4 is 0 Å². The summed E-state index contributed by atoms with van der Waals surface area (Å²) >= 11 is 0. The Balaban J connectivity index is 2.44. The molecule has 2 N–H and O–H groups in total. The molecule has 1 aromatic carbocycles. The molecule has 1 unspecified atom stereocenters. The lowest BCUT2D eigenvalue weighted by Crippen LogP contribution is -2.33. The van der Waals surface area contributed by atoms with Crippen LogP contribution in [-0.4, -0.2) is 17.8 Å². The predicted molar refractivity (Wildman–Crippen MR) is 72.5 cm³/mol. The van der Waals surface area contributed by atoms with Gasteiger partial charge in [0.25, 0.3) is 0 Å². The summed E-state index contributed by atoms with van der Waals surface area (Å²) in [5, 5.41) is 13.1. The SMILES string of the molecule is CC(C)CCN[C](Cc1ccccc1)C(C)O. The molecule has 0 aliphatic rings. The van der Waals surface area contributed by atoms with Gasteiger partial charge in [-0.3, -0.25) is 0 Å². The van der Waals surface area contributed by atoms with Crippen molar-refractivity contribution in [3.05, 3.63) is 41.9 Å². The first kappa shape index (κ1) is 14.2. The van der Waals surface area contributed by atoms with Crippen molar-refractivity contribution in [2.45, 2.75) is 39.7 Å². The highest BCUT2D eigenvalue weighted by Gasteiger charge is 2.15. The molecule has 2 heteroatoms. The van der Waals surface area contributed by atoms with Crippen LogP contribution in [0.3, 0.4) is 0 Å². The van der Waals surface area contributed by atoms with Crippen LogP contribution in [0.4, 0.5) is 0 Å². The van der Waals surface area contributed by atoms with Crippen molar-refractivity contribution in [3.8, 4) is 0 Å². The van der Waals surface area contributed by atoms with Gasteiger partial charge in [0, 0.05) is 0 Å². The molecule has 0 bridgehead atoms. The third-order valence-corrected chi connectivity index (χ3v) is 2.82. The van der Waals surface area contributed by atoms with Gasteiger partial charge in [-0.2, -0.15) is 0 Å². The monoisotopic (exact) mass is 234 g/mol. The molecule has 0 spiro atoms. The summed E-state index contributed by atoms with van der Waals surface area (Å²) in [6.07, 6.45) is 1.53. The maximum Gasteiger partial charge on any atom is 0.0716 e. The van der Waals surface area contributed by atoms with Gasteiger partial charge in [0.1, 0.15) is 0 Å². The molecule has 0 amide bonds. The first-order chi connectivity index (χ1) is 8.09. The molecule has 0 saturated heterocycles. The van der Waals surface area contributed by atoms with E-state index in [0.29, 0.717) is 5.92 Å². The summed E-state index contributed by atoms with van der Waals surface area (Å²) < 4.78 is 0. The highest BCUT2D eigenvalue weighted by Crippen LogP contribution is 2.12. The standard InChI is InChI=1S/C15H24NO/c1-12(2)9-10-16-15(13(3)17)11-14-7-5-4-6-8-14/h4-8,12-13,16-17H,9-11H2,1-3H3. The molecule has 0 aliphatic heterocycles. The lowest BCUT2D eigenvalue weighted by molar-refractivity contribution is 0.189. The molecule has 1 aromatic rings. The summed E-state index contributed by atoms with van der Waals surface area (Å²) in [5.41, 5.74) is 1.24. The minimum Gasteiger partial charge on any atom is -0.391 e. The number of hydrogen-bond acceptors (Lipinski definition) is 2. The first-order valence-electron chi connectivity index (χ1n) is 6.41. The highest BCUT2D eigenvalue weighted by atomic mass is 16.3. The second kappa shape index (κ2) is 7.46. The third kappa shape index (κ3) is 5.85. The molecule has 95 valence electrons. The molecule has 0 aliphatic carbocycles. The van der Waals surface area contributed by atoms with E-state index >= 15 is 0 Å². The molecule has 0 heterocycles. The molecule has 2 nitrogen and oxygen atoms in total. The van der Waals surface area contributed by atoms with Gasteiger partial charge in [0.15, 0.2) is 0 Å². The van der Waals surface area contributed by atoms with Gasteiger partial charge in [-0.15, -0.1) is 0 Å². The molecule has 0 fully saturated rings. The largest absolute Gasteiger partial charge is 0.391 e. The number of rotatable bonds is 7. The smallest absolute Gasteiger partial charge is 0.0716 e. The van der Waals surface area contributed by atoms with Gasteiger partial charge in [-0.25, -0.2) is 0 Å². The molecule has 1 rings (SSSR count). The van der Waals surface area contributed by atoms with Crippen molar-refractivity contribution in [3.63, 3.8) is 0 Å².